The number of allylic oxidation sites excluding steroid dienone is 1. The number of hydrogen-bond acceptors (Lipinski definition) is 4. The molecule has 0 radical (unpaired) electrons. The van der Waals surface area contributed by atoms with E-state index in [2.05, 4.69) is 10.3 Å². The number of thiazole rings is 1. The number of rotatable bonds is 5. The summed E-state index contributed by atoms with van der Waals surface area (Å²) in [6, 6.07) is 0.147. The summed E-state index contributed by atoms with van der Waals surface area (Å²) in [7, 11) is 0. The molecule has 1 N–H and O–H groups in total. The zero-order chi connectivity index (χ0) is 17.4. The lowest BCUT2D eigenvalue weighted by Crippen LogP contribution is -2.46. The molecule has 1 aromatic heterocycles. The highest BCUT2D eigenvalue weighted by atomic mass is 32.1. The van der Waals surface area contributed by atoms with Gasteiger partial charge in [-0.2, -0.15) is 0 Å². The number of nitrogens with one attached hydrogen (secondary N) is 1. The molecule has 2 amide bonds. The molecule has 5 nitrogen and oxygen atoms in total. The minimum atomic E-state index is -0.0329. The van der Waals surface area contributed by atoms with Crippen molar-refractivity contribution in [2.75, 3.05) is 13.1 Å². The Morgan fingerprint density at radius 1 is 1.16 bits per heavy atom. The van der Waals surface area contributed by atoms with E-state index in [0.717, 1.165) is 31.6 Å². The van der Waals surface area contributed by atoms with Crippen molar-refractivity contribution in [1.29, 1.82) is 0 Å². The number of carbonyl (C=O) groups excluding carboxylic acids is 2. The Balaban J connectivity index is 1.29. The van der Waals surface area contributed by atoms with Gasteiger partial charge in [0.05, 0.1) is 11.2 Å². The van der Waals surface area contributed by atoms with Crippen molar-refractivity contribution in [2.24, 2.45) is 11.8 Å². The Kier molecular flexibility index (Phi) is 4.63. The number of piperidine rings is 1. The molecule has 2 heterocycles. The van der Waals surface area contributed by atoms with Crippen LogP contribution in [0.4, 0.5) is 0 Å². The van der Waals surface area contributed by atoms with E-state index in [4.69, 9.17) is 0 Å². The summed E-state index contributed by atoms with van der Waals surface area (Å²) in [5, 5.41) is 3.10. The van der Waals surface area contributed by atoms with Gasteiger partial charge in [-0.15, -0.1) is 11.3 Å². The first-order chi connectivity index (χ1) is 12.1. The zero-order valence-electron chi connectivity index (χ0n) is 14.7. The van der Waals surface area contributed by atoms with Crippen LogP contribution in [0.3, 0.4) is 0 Å². The normalized spacial score (nSPS) is 21.1. The van der Waals surface area contributed by atoms with E-state index in [1.807, 2.05) is 17.9 Å². The van der Waals surface area contributed by atoms with Crippen molar-refractivity contribution >= 4 is 23.2 Å². The molecule has 6 heteroatoms. The topological polar surface area (TPSA) is 62.3 Å². The number of carbonyl (C=O) groups is 2. The highest BCUT2D eigenvalue weighted by molar-refractivity contribution is 7.11. The molecular formula is C19H25N3O2S. The Morgan fingerprint density at radius 2 is 1.80 bits per heavy atom. The van der Waals surface area contributed by atoms with Gasteiger partial charge in [0.1, 0.15) is 4.88 Å². The summed E-state index contributed by atoms with van der Waals surface area (Å²) < 4.78 is 0. The first kappa shape index (κ1) is 16.8. The zero-order valence-corrected chi connectivity index (χ0v) is 15.5. The maximum atomic E-state index is 12.6. The van der Waals surface area contributed by atoms with Gasteiger partial charge in [0.25, 0.3) is 5.91 Å². The molecule has 0 aromatic carbocycles. The Labute approximate surface area is 152 Å². The maximum absolute atomic E-state index is 12.6. The van der Waals surface area contributed by atoms with Crippen molar-refractivity contribution in [2.45, 2.75) is 51.5 Å². The molecule has 3 fully saturated rings. The van der Waals surface area contributed by atoms with Gasteiger partial charge >= 0.3 is 0 Å². The maximum Gasteiger partial charge on any atom is 0.263 e. The third kappa shape index (κ3) is 3.94. The van der Waals surface area contributed by atoms with E-state index >= 15 is 0 Å². The quantitative estimate of drug-likeness (QED) is 0.822. The smallest absolute Gasteiger partial charge is 0.263 e. The molecule has 0 atom stereocenters. The fourth-order valence-corrected chi connectivity index (χ4v) is 4.36. The van der Waals surface area contributed by atoms with Gasteiger partial charge in [-0.25, -0.2) is 4.98 Å². The number of likely N-dealkylation sites (tertiary alicyclic amines) is 1. The molecule has 1 saturated heterocycles. The second-order valence-corrected chi connectivity index (χ2v) is 8.39. The predicted molar refractivity (Wildman–Crippen MR) is 97.5 cm³/mol. The fraction of sp³-hybridized carbons (Fsp3) is 0.632. The van der Waals surface area contributed by atoms with Crippen molar-refractivity contribution in [3.8, 4) is 0 Å². The van der Waals surface area contributed by atoms with E-state index in [-0.39, 0.29) is 17.9 Å². The number of nitrogens with zero attached hydrogens (tertiary/aromatic N) is 2. The SMILES string of the molecule is Cc1ncsc1C(=O)NC1CCN(C(=O)C=C(C2CC2)C2CC2)CC1. The van der Waals surface area contributed by atoms with Gasteiger partial charge < -0.3 is 10.2 Å². The van der Waals surface area contributed by atoms with Crippen molar-refractivity contribution in [1.82, 2.24) is 15.2 Å². The Morgan fingerprint density at radius 3 is 2.32 bits per heavy atom. The Hall–Kier alpha value is -1.69. The lowest BCUT2D eigenvalue weighted by Gasteiger charge is -2.32. The van der Waals surface area contributed by atoms with E-state index in [0.29, 0.717) is 16.7 Å². The summed E-state index contributed by atoms with van der Waals surface area (Å²) in [6.07, 6.45) is 8.65. The average molecular weight is 359 g/mol. The van der Waals surface area contributed by atoms with Crippen molar-refractivity contribution in [3.05, 3.63) is 27.7 Å². The third-order valence-electron chi connectivity index (χ3n) is 5.48. The number of aromatic nitrogens is 1. The average Bonchev–Trinajstić information content (AvgIpc) is 3.52. The van der Waals surface area contributed by atoms with E-state index in [1.54, 1.807) is 5.51 Å². The second-order valence-electron chi connectivity index (χ2n) is 7.53. The molecule has 1 aliphatic heterocycles. The van der Waals surface area contributed by atoms with E-state index in [1.165, 1.54) is 42.6 Å². The van der Waals surface area contributed by atoms with Crippen LogP contribution in [0.25, 0.3) is 0 Å². The van der Waals surface area contributed by atoms with Gasteiger partial charge in [-0.1, -0.05) is 5.57 Å². The molecule has 3 aliphatic rings. The molecule has 2 saturated carbocycles. The van der Waals surface area contributed by atoms with Crippen LogP contribution in [-0.4, -0.2) is 40.8 Å². The largest absolute Gasteiger partial charge is 0.348 e. The minimum absolute atomic E-state index is 0.0329. The molecule has 0 spiro atoms. The fourth-order valence-electron chi connectivity index (χ4n) is 3.65. The summed E-state index contributed by atoms with van der Waals surface area (Å²) in [6.45, 7) is 3.31. The molecule has 2 aliphatic carbocycles. The first-order valence-electron chi connectivity index (χ1n) is 9.33. The van der Waals surface area contributed by atoms with Crippen LogP contribution in [0, 0.1) is 18.8 Å². The van der Waals surface area contributed by atoms with Crippen LogP contribution in [0.15, 0.2) is 17.2 Å². The molecule has 25 heavy (non-hydrogen) atoms. The van der Waals surface area contributed by atoms with E-state index in [9.17, 15) is 9.59 Å². The van der Waals surface area contributed by atoms with Crippen LogP contribution >= 0.6 is 11.3 Å². The standard InChI is InChI=1S/C19H25N3O2S/c1-12-18(25-11-20-12)19(24)21-15-6-8-22(9-7-15)17(23)10-16(13-2-3-13)14-4-5-14/h10-11,13-15H,2-9H2,1H3,(H,21,24). The predicted octanol–water partition coefficient (Wildman–Crippen LogP) is 2.92. The molecule has 0 unspecified atom stereocenters. The number of aryl methyl sites for hydroxylation is 1. The summed E-state index contributed by atoms with van der Waals surface area (Å²) in [4.78, 5) is 31.7. The van der Waals surface area contributed by atoms with Gasteiger partial charge in [0.2, 0.25) is 5.91 Å². The van der Waals surface area contributed by atoms with E-state index < -0.39 is 0 Å². The summed E-state index contributed by atoms with van der Waals surface area (Å²) >= 11 is 1.38. The van der Waals surface area contributed by atoms with Gasteiger partial charge in [0, 0.05) is 25.2 Å². The van der Waals surface area contributed by atoms with Gasteiger partial charge in [-0.05, 0) is 57.3 Å². The highest BCUT2D eigenvalue weighted by Gasteiger charge is 2.37. The van der Waals surface area contributed by atoms with Gasteiger partial charge in [0.15, 0.2) is 0 Å². The minimum Gasteiger partial charge on any atom is -0.348 e. The Bertz CT molecular complexity index is 681. The van der Waals surface area contributed by atoms with Crippen LogP contribution in [-0.2, 0) is 4.79 Å². The summed E-state index contributed by atoms with van der Waals surface area (Å²) in [5.74, 6) is 1.53. The van der Waals surface area contributed by atoms with Crippen LogP contribution in [0.2, 0.25) is 0 Å². The number of amides is 2. The number of hydrogen-bond donors (Lipinski definition) is 1. The lowest BCUT2D eigenvalue weighted by molar-refractivity contribution is -0.127. The third-order valence-corrected chi connectivity index (χ3v) is 6.41. The van der Waals surface area contributed by atoms with Gasteiger partial charge in [-0.3, -0.25) is 9.59 Å². The first-order valence-corrected chi connectivity index (χ1v) is 10.2. The van der Waals surface area contributed by atoms with Crippen LogP contribution in [0.1, 0.15) is 53.9 Å². The monoisotopic (exact) mass is 359 g/mol. The highest BCUT2D eigenvalue weighted by Crippen LogP contribution is 2.48. The van der Waals surface area contributed by atoms with Crippen molar-refractivity contribution in [3.63, 3.8) is 0 Å². The molecular weight excluding hydrogens is 334 g/mol. The van der Waals surface area contributed by atoms with Crippen LogP contribution < -0.4 is 5.32 Å². The molecule has 1 aromatic rings. The molecule has 0 bridgehead atoms. The summed E-state index contributed by atoms with van der Waals surface area (Å²) in [5.41, 5.74) is 3.91. The molecule has 134 valence electrons. The second kappa shape index (κ2) is 6.90. The van der Waals surface area contributed by atoms with Crippen LogP contribution in [0.5, 0.6) is 0 Å². The molecule has 4 rings (SSSR count). The van der Waals surface area contributed by atoms with Crippen molar-refractivity contribution < 1.29 is 9.59 Å². The lowest BCUT2D eigenvalue weighted by atomic mass is 10.0.